The summed E-state index contributed by atoms with van der Waals surface area (Å²) in [7, 11) is -1.09. The molecule has 2 rings (SSSR count). The summed E-state index contributed by atoms with van der Waals surface area (Å²) in [6.45, 7) is 9.89. The van der Waals surface area contributed by atoms with Crippen LogP contribution in [0.15, 0.2) is 47.4 Å². The second-order valence-corrected chi connectivity index (χ2v) is 9.46. The first kappa shape index (κ1) is 24.4. The largest absolute Gasteiger partial charge is 0.334 e. The molecule has 0 radical (unpaired) electrons. The highest BCUT2D eigenvalue weighted by atomic mass is 32.1. The molecule has 2 aromatic rings. The number of rotatable bonds is 13. The van der Waals surface area contributed by atoms with E-state index in [4.69, 9.17) is 21.7 Å². The zero-order chi connectivity index (χ0) is 21.1. The summed E-state index contributed by atoms with van der Waals surface area (Å²) in [5.74, 6) is 0. The van der Waals surface area contributed by atoms with E-state index in [1.165, 1.54) is 47.9 Å². The molecule has 0 spiro atoms. The number of thiol groups is 1. The first-order valence-corrected chi connectivity index (χ1v) is 12.8. The van der Waals surface area contributed by atoms with Crippen molar-refractivity contribution in [2.45, 2.75) is 76.8 Å². The van der Waals surface area contributed by atoms with Crippen LogP contribution in [-0.4, -0.2) is 13.2 Å². The van der Waals surface area contributed by atoms with Crippen molar-refractivity contribution in [1.29, 1.82) is 0 Å². The Kier molecular flexibility index (Phi) is 11.3. The van der Waals surface area contributed by atoms with Gasteiger partial charge in [-0.2, -0.15) is 0 Å². The van der Waals surface area contributed by atoms with Gasteiger partial charge in [0.1, 0.15) is 0 Å². The minimum absolute atomic E-state index is 0.0700. The lowest BCUT2D eigenvalue weighted by Gasteiger charge is -2.28. The van der Waals surface area contributed by atoms with Crippen molar-refractivity contribution in [1.82, 2.24) is 0 Å². The molecule has 0 fully saturated rings. The fourth-order valence-corrected chi connectivity index (χ4v) is 5.69. The maximum atomic E-state index is 6.16. The first-order valence-electron chi connectivity index (χ1n) is 11.1. The van der Waals surface area contributed by atoms with Crippen molar-refractivity contribution in [3.8, 4) is 0 Å². The molecular weight excluding hydrogens is 395 g/mol. The average Bonchev–Trinajstić information content (AvgIpc) is 2.72. The molecule has 0 saturated heterocycles. The van der Waals surface area contributed by atoms with Gasteiger partial charge in [0.2, 0.25) is 0 Å². The predicted molar refractivity (Wildman–Crippen MR) is 129 cm³/mol. The Hall–Kier alpha value is -0.860. The molecule has 2 nitrogen and oxygen atoms in total. The molecular formula is C25H37O2PS. The predicted octanol–water partition coefficient (Wildman–Crippen LogP) is 8.13. The van der Waals surface area contributed by atoms with Gasteiger partial charge in [0.15, 0.2) is 8.38 Å². The normalized spacial score (nSPS) is 12.5. The summed E-state index contributed by atoms with van der Waals surface area (Å²) in [5, 5.41) is 0. The average molecular weight is 433 g/mol. The molecule has 0 aliphatic carbocycles. The lowest BCUT2D eigenvalue weighted by Crippen LogP contribution is -2.07. The van der Waals surface area contributed by atoms with E-state index in [2.05, 4.69) is 50.2 Å². The number of benzene rings is 2. The van der Waals surface area contributed by atoms with Crippen molar-refractivity contribution in [3.63, 3.8) is 0 Å². The van der Waals surface area contributed by atoms with Crippen LogP contribution >= 0.6 is 21.0 Å². The topological polar surface area (TPSA) is 18.5 Å². The van der Waals surface area contributed by atoms with Crippen LogP contribution in [0.5, 0.6) is 0 Å². The fourth-order valence-electron chi connectivity index (χ4n) is 3.57. The monoisotopic (exact) mass is 432 g/mol. The van der Waals surface area contributed by atoms with Gasteiger partial charge < -0.3 is 9.05 Å². The maximum Gasteiger partial charge on any atom is 0.183 e. The highest BCUT2D eigenvalue weighted by molar-refractivity contribution is 7.80. The van der Waals surface area contributed by atoms with Crippen molar-refractivity contribution < 1.29 is 9.05 Å². The zero-order valence-corrected chi connectivity index (χ0v) is 20.3. The van der Waals surface area contributed by atoms with Crippen LogP contribution in [0.25, 0.3) is 0 Å². The van der Waals surface area contributed by atoms with Crippen molar-refractivity contribution in [3.05, 3.63) is 64.7 Å². The van der Waals surface area contributed by atoms with Gasteiger partial charge in [0.25, 0.3) is 0 Å². The molecule has 0 aromatic heterocycles. The van der Waals surface area contributed by atoms with Crippen LogP contribution < -0.4 is 0 Å². The number of hydrogen-bond acceptors (Lipinski definition) is 3. The lowest BCUT2D eigenvalue weighted by molar-refractivity contribution is 0.265. The first-order chi connectivity index (χ1) is 14.1. The van der Waals surface area contributed by atoms with Gasteiger partial charge in [-0.3, -0.25) is 0 Å². The van der Waals surface area contributed by atoms with E-state index < -0.39 is 8.38 Å². The summed E-state index contributed by atoms with van der Waals surface area (Å²) < 4.78 is 12.3. The van der Waals surface area contributed by atoms with E-state index in [0.29, 0.717) is 13.2 Å². The third kappa shape index (κ3) is 7.40. The number of unbranched alkanes of at least 4 members (excludes halogenated alkanes) is 2. The van der Waals surface area contributed by atoms with E-state index >= 15 is 0 Å². The van der Waals surface area contributed by atoms with Gasteiger partial charge in [-0.1, -0.05) is 63.1 Å². The standard InChI is InChI=1S/C25H37O2PS/c1-5-9-13-20-17-21(14-10-6-2)19-22(18-20)25(28(26-7-3)27-8-4)23-15-11-12-16-24(23)29/h11-12,15-19,25,29H,5-10,13-14H2,1-4H3. The summed E-state index contributed by atoms with van der Waals surface area (Å²) in [5.41, 5.74) is 5.43. The molecule has 0 N–H and O–H groups in total. The Bertz CT molecular complexity index is 702. The van der Waals surface area contributed by atoms with Gasteiger partial charge in [-0.15, -0.1) is 12.6 Å². The highest BCUT2D eigenvalue weighted by Crippen LogP contribution is 2.57. The second kappa shape index (κ2) is 13.4. The van der Waals surface area contributed by atoms with Crippen molar-refractivity contribution >= 4 is 21.0 Å². The number of aryl methyl sites for hydroxylation is 2. The Morgan fingerprint density at radius 3 is 1.86 bits per heavy atom. The van der Waals surface area contributed by atoms with E-state index in [-0.39, 0.29) is 5.66 Å². The molecule has 160 valence electrons. The lowest BCUT2D eigenvalue weighted by atomic mass is 9.95. The highest BCUT2D eigenvalue weighted by Gasteiger charge is 2.29. The SMILES string of the molecule is CCCCc1cc(CCCC)cc(C(c2ccccc2S)P(OCC)OCC)c1. The smallest absolute Gasteiger partial charge is 0.183 e. The summed E-state index contributed by atoms with van der Waals surface area (Å²) in [4.78, 5) is 0.999. The van der Waals surface area contributed by atoms with Gasteiger partial charge in [-0.25, -0.2) is 0 Å². The molecule has 1 unspecified atom stereocenters. The molecule has 2 aromatic carbocycles. The molecule has 0 saturated carbocycles. The molecule has 0 bridgehead atoms. The third-order valence-corrected chi connectivity index (χ3v) is 7.41. The van der Waals surface area contributed by atoms with Crippen LogP contribution in [0, 0.1) is 0 Å². The number of hydrogen-bond donors (Lipinski definition) is 1. The van der Waals surface area contributed by atoms with Crippen molar-refractivity contribution in [2.24, 2.45) is 0 Å². The molecule has 4 heteroatoms. The van der Waals surface area contributed by atoms with Gasteiger partial charge in [-0.05, 0) is 67.9 Å². The van der Waals surface area contributed by atoms with Crippen LogP contribution in [0.2, 0.25) is 0 Å². The van der Waals surface area contributed by atoms with E-state index in [1.807, 2.05) is 19.9 Å². The molecule has 1 atom stereocenters. The maximum absolute atomic E-state index is 6.16. The zero-order valence-electron chi connectivity index (χ0n) is 18.5. The van der Waals surface area contributed by atoms with E-state index in [1.54, 1.807) is 0 Å². The van der Waals surface area contributed by atoms with Crippen molar-refractivity contribution in [2.75, 3.05) is 13.2 Å². The molecule has 0 amide bonds. The minimum Gasteiger partial charge on any atom is -0.334 e. The van der Waals surface area contributed by atoms with Crippen LogP contribution in [0.3, 0.4) is 0 Å². The van der Waals surface area contributed by atoms with Crippen LogP contribution in [0.4, 0.5) is 0 Å². The Labute approximate surface area is 184 Å². The van der Waals surface area contributed by atoms with Gasteiger partial charge in [0, 0.05) is 4.90 Å². The minimum atomic E-state index is -1.09. The summed E-state index contributed by atoms with van der Waals surface area (Å²) >= 11 is 4.78. The summed E-state index contributed by atoms with van der Waals surface area (Å²) in [6, 6.07) is 15.5. The van der Waals surface area contributed by atoms with E-state index in [0.717, 1.165) is 17.7 Å². The Morgan fingerprint density at radius 1 is 0.828 bits per heavy atom. The second-order valence-electron chi connectivity index (χ2n) is 7.37. The van der Waals surface area contributed by atoms with Crippen LogP contribution in [-0.2, 0) is 21.9 Å². The van der Waals surface area contributed by atoms with Gasteiger partial charge in [0.05, 0.1) is 18.9 Å². The van der Waals surface area contributed by atoms with Gasteiger partial charge >= 0.3 is 0 Å². The third-order valence-electron chi connectivity index (χ3n) is 4.98. The molecule has 0 heterocycles. The Morgan fingerprint density at radius 2 is 1.38 bits per heavy atom. The Balaban J connectivity index is 2.56. The molecule has 0 aliphatic rings. The molecule has 29 heavy (non-hydrogen) atoms. The molecule has 0 aliphatic heterocycles. The van der Waals surface area contributed by atoms with E-state index in [9.17, 15) is 0 Å². The summed E-state index contributed by atoms with van der Waals surface area (Å²) in [6.07, 6.45) is 7.11. The van der Waals surface area contributed by atoms with Crippen LogP contribution in [0.1, 0.15) is 81.3 Å². The quantitative estimate of drug-likeness (QED) is 0.254. The fraction of sp³-hybridized carbons (Fsp3) is 0.520.